The molecule has 0 bridgehead atoms. The summed E-state index contributed by atoms with van der Waals surface area (Å²) < 4.78 is 5.30. The summed E-state index contributed by atoms with van der Waals surface area (Å²) in [6, 6.07) is 1.58. The Hall–Kier alpha value is -2.15. The highest BCUT2D eigenvalue weighted by Crippen LogP contribution is 2.19. The Morgan fingerprint density at radius 2 is 2.24 bits per heavy atom. The minimum absolute atomic E-state index is 0.239. The quantitative estimate of drug-likeness (QED) is 0.746. The predicted molar refractivity (Wildman–Crippen MR) is 74.7 cm³/mol. The maximum absolute atomic E-state index is 11.7. The van der Waals surface area contributed by atoms with E-state index in [-0.39, 0.29) is 12.1 Å². The number of amides is 2. The van der Waals surface area contributed by atoms with Crippen LogP contribution in [0.2, 0.25) is 0 Å². The zero-order valence-electron chi connectivity index (χ0n) is 11.8. The van der Waals surface area contributed by atoms with E-state index in [0.717, 1.165) is 11.1 Å². The van der Waals surface area contributed by atoms with Gasteiger partial charge in [-0.25, -0.2) is 9.59 Å². The fourth-order valence-corrected chi connectivity index (χ4v) is 2.16. The molecule has 3 N–H and O–H groups in total. The zero-order chi connectivity index (χ0) is 15.2. The van der Waals surface area contributed by atoms with Crippen molar-refractivity contribution in [2.24, 2.45) is 0 Å². The highest BCUT2D eigenvalue weighted by Gasteiger charge is 2.30. The van der Waals surface area contributed by atoms with Crippen molar-refractivity contribution in [3.63, 3.8) is 0 Å². The number of carboxylic acids is 1. The molecule has 1 aliphatic heterocycles. The van der Waals surface area contributed by atoms with Crippen LogP contribution in [0.1, 0.15) is 24.0 Å². The van der Waals surface area contributed by atoms with Gasteiger partial charge in [0, 0.05) is 25.5 Å². The molecule has 1 aliphatic rings. The van der Waals surface area contributed by atoms with Crippen molar-refractivity contribution >= 4 is 12.0 Å². The van der Waals surface area contributed by atoms with Crippen LogP contribution in [0.5, 0.6) is 0 Å². The van der Waals surface area contributed by atoms with Gasteiger partial charge in [0.15, 0.2) is 6.10 Å². The molecule has 7 nitrogen and oxygen atoms in total. The molecular formula is C14H19N3O4. The molecule has 1 aromatic heterocycles. The number of ether oxygens (including phenoxy) is 1. The van der Waals surface area contributed by atoms with Gasteiger partial charge in [0.25, 0.3) is 0 Å². The normalized spacial score (nSPS) is 21.0. The second-order valence-electron chi connectivity index (χ2n) is 5.03. The van der Waals surface area contributed by atoms with E-state index in [1.165, 1.54) is 0 Å². The van der Waals surface area contributed by atoms with E-state index in [9.17, 15) is 9.59 Å². The van der Waals surface area contributed by atoms with E-state index in [1.807, 2.05) is 13.0 Å². The first-order chi connectivity index (χ1) is 10.1. The Kier molecular flexibility index (Phi) is 5.10. The van der Waals surface area contributed by atoms with Gasteiger partial charge in [-0.15, -0.1) is 0 Å². The number of aryl methyl sites for hydroxylation is 1. The summed E-state index contributed by atoms with van der Waals surface area (Å²) in [5.41, 5.74) is 2.02. The van der Waals surface area contributed by atoms with Crippen LogP contribution >= 0.6 is 0 Å². The molecule has 2 rings (SSSR count). The SMILES string of the molecule is Cc1ccncc1CNC(=O)NCC1CCC(C(=O)O)O1. The highest BCUT2D eigenvalue weighted by atomic mass is 16.5. The molecule has 2 heterocycles. The van der Waals surface area contributed by atoms with E-state index in [2.05, 4.69) is 15.6 Å². The molecule has 7 heteroatoms. The van der Waals surface area contributed by atoms with E-state index >= 15 is 0 Å². The molecule has 0 aromatic carbocycles. The summed E-state index contributed by atoms with van der Waals surface area (Å²) in [7, 11) is 0. The van der Waals surface area contributed by atoms with E-state index < -0.39 is 12.1 Å². The van der Waals surface area contributed by atoms with Crippen LogP contribution in [0, 0.1) is 6.92 Å². The van der Waals surface area contributed by atoms with Gasteiger partial charge in [-0.3, -0.25) is 4.98 Å². The third kappa shape index (κ3) is 4.42. The summed E-state index contributed by atoms with van der Waals surface area (Å²) in [4.78, 5) is 26.4. The topological polar surface area (TPSA) is 101 Å². The van der Waals surface area contributed by atoms with Gasteiger partial charge < -0.3 is 20.5 Å². The summed E-state index contributed by atoms with van der Waals surface area (Å²) in [5, 5.41) is 14.2. The molecule has 2 amide bonds. The second kappa shape index (κ2) is 7.03. The number of nitrogens with zero attached hydrogens (tertiary/aromatic N) is 1. The third-order valence-electron chi connectivity index (χ3n) is 3.46. The van der Waals surface area contributed by atoms with Crippen molar-refractivity contribution < 1.29 is 19.4 Å². The van der Waals surface area contributed by atoms with Crippen LogP contribution in [0.25, 0.3) is 0 Å². The molecule has 0 saturated carbocycles. The largest absolute Gasteiger partial charge is 0.479 e. The first-order valence-corrected chi connectivity index (χ1v) is 6.85. The summed E-state index contributed by atoms with van der Waals surface area (Å²) in [6.45, 7) is 2.66. The molecule has 2 atom stereocenters. The van der Waals surface area contributed by atoms with Crippen molar-refractivity contribution in [3.8, 4) is 0 Å². The maximum atomic E-state index is 11.7. The number of hydrogen-bond acceptors (Lipinski definition) is 4. The van der Waals surface area contributed by atoms with Gasteiger partial charge in [-0.2, -0.15) is 0 Å². The predicted octanol–water partition coefficient (Wildman–Crippen LogP) is 0.821. The van der Waals surface area contributed by atoms with Crippen molar-refractivity contribution in [3.05, 3.63) is 29.6 Å². The molecule has 0 spiro atoms. The average Bonchev–Trinajstić information content (AvgIpc) is 2.93. The van der Waals surface area contributed by atoms with Gasteiger partial charge in [-0.05, 0) is 37.0 Å². The van der Waals surface area contributed by atoms with E-state index in [1.54, 1.807) is 12.4 Å². The van der Waals surface area contributed by atoms with Crippen molar-refractivity contribution in [2.45, 2.75) is 38.5 Å². The molecule has 0 radical (unpaired) electrons. The zero-order valence-corrected chi connectivity index (χ0v) is 11.8. The number of carbonyl (C=O) groups excluding carboxylic acids is 1. The number of carbonyl (C=O) groups is 2. The molecule has 2 unspecified atom stereocenters. The molecule has 0 aliphatic carbocycles. The Bertz CT molecular complexity index is 521. The number of aliphatic carboxylic acids is 1. The fourth-order valence-electron chi connectivity index (χ4n) is 2.16. The summed E-state index contributed by atoms with van der Waals surface area (Å²) >= 11 is 0. The number of carboxylic acid groups (broad SMARTS) is 1. The van der Waals surface area contributed by atoms with Crippen molar-refractivity contribution in [1.82, 2.24) is 15.6 Å². The minimum Gasteiger partial charge on any atom is -0.479 e. The van der Waals surface area contributed by atoms with Gasteiger partial charge >= 0.3 is 12.0 Å². The minimum atomic E-state index is -0.950. The molecule has 1 saturated heterocycles. The maximum Gasteiger partial charge on any atom is 0.332 e. The molecule has 1 fully saturated rings. The van der Waals surface area contributed by atoms with Crippen LogP contribution < -0.4 is 10.6 Å². The number of aromatic nitrogens is 1. The lowest BCUT2D eigenvalue weighted by Crippen LogP contribution is -2.39. The number of nitrogens with one attached hydrogen (secondary N) is 2. The number of urea groups is 1. The molecular weight excluding hydrogens is 274 g/mol. The van der Waals surface area contributed by atoms with Gasteiger partial charge in [0.1, 0.15) is 0 Å². The lowest BCUT2D eigenvalue weighted by Gasteiger charge is -2.13. The Morgan fingerprint density at radius 1 is 1.43 bits per heavy atom. The van der Waals surface area contributed by atoms with Gasteiger partial charge in [-0.1, -0.05) is 0 Å². The third-order valence-corrected chi connectivity index (χ3v) is 3.46. The molecule has 21 heavy (non-hydrogen) atoms. The van der Waals surface area contributed by atoms with Crippen LogP contribution in [0.3, 0.4) is 0 Å². The van der Waals surface area contributed by atoms with E-state index in [4.69, 9.17) is 9.84 Å². The van der Waals surface area contributed by atoms with Crippen molar-refractivity contribution in [2.75, 3.05) is 6.54 Å². The second-order valence-corrected chi connectivity index (χ2v) is 5.03. The lowest BCUT2D eigenvalue weighted by molar-refractivity contribution is -0.149. The smallest absolute Gasteiger partial charge is 0.332 e. The number of hydrogen-bond donors (Lipinski definition) is 3. The van der Waals surface area contributed by atoms with Crippen LogP contribution in [-0.4, -0.2) is 40.8 Å². The molecule has 114 valence electrons. The highest BCUT2D eigenvalue weighted by molar-refractivity contribution is 5.74. The van der Waals surface area contributed by atoms with Gasteiger partial charge in [0.2, 0.25) is 0 Å². The fraction of sp³-hybridized carbons (Fsp3) is 0.500. The van der Waals surface area contributed by atoms with Crippen molar-refractivity contribution in [1.29, 1.82) is 0 Å². The first-order valence-electron chi connectivity index (χ1n) is 6.85. The van der Waals surface area contributed by atoms with Gasteiger partial charge in [0.05, 0.1) is 6.10 Å². The van der Waals surface area contributed by atoms with Crippen LogP contribution in [-0.2, 0) is 16.1 Å². The summed E-state index contributed by atoms with van der Waals surface area (Å²) in [5.74, 6) is -0.950. The summed E-state index contributed by atoms with van der Waals surface area (Å²) in [6.07, 6.45) is 3.55. The number of rotatable bonds is 5. The lowest BCUT2D eigenvalue weighted by atomic mass is 10.2. The Labute approximate surface area is 122 Å². The monoisotopic (exact) mass is 293 g/mol. The average molecular weight is 293 g/mol. The standard InChI is InChI=1S/C14H19N3O4/c1-9-4-5-15-6-10(9)7-16-14(20)17-8-11-2-3-12(21-11)13(18)19/h4-6,11-12H,2-3,7-8H2,1H3,(H,18,19)(H2,16,17,20). The van der Waals surface area contributed by atoms with Crippen LogP contribution in [0.4, 0.5) is 4.79 Å². The Balaban J connectivity index is 1.69. The van der Waals surface area contributed by atoms with E-state index in [0.29, 0.717) is 25.9 Å². The molecule has 1 aromatic rings. The Morgan fingerprint density at radius 3 is 2.90 bits per heavy atom. The number of pyridine rings is 1. The van der Waals surface area contributed by atoms with Crippen LogP contribution in [0.15, 0.2) is 18.5 Å². The first kappa shape index (κ1) is 15.2.